The van der Waals surface area contributed by atoms with E-state index in [-0.39, 0.29) is 12.1 Å². The number of aryl methyl sites for hydroxylation is 2. The van der Waals surface area contributed by atoms with Gasteiger partial charge in [-0.1, -0.05) is 19.9 Å². The maximum atomic E-state index is 12.1. The Labute approximate surface area is 165 Å². The fraction of sp³-hybridized carbons (Fsp3) is 0.318. The molecule has 0 spiro atoms. The van der Waals surface area contributed by atoms with Crippen LogP contribution in [-0.4, -0.2) is 27.1 Å². The molecule has 28 heavy (non-hydrogen) atoms. The highest BCUT2D eigenvalue weighted by Gasteiger charge is 2.12. The highest BCUT2D eigenvalue weighted by atomic mass is 16.3. The molecule has 0 bridgehead atoms. The Morgan fingerprint density at radius 1 is 1.00 bits per heavy atom. The van der Waals surface area contributed by atoms with E-state index in [2.05, 4.69) is 34.4 Å². The van der Waals surface area contributed by atoms with Crippen molar-refractivity contribution in [3.05, 3.63) is 47.7 Å². The average Bonchev–Trinajstić information content (AvgIpc) is 2.64. The van der Waals surface area contributed by atoms with E-state index in [1.165, 1.54) is 0 Å². The van der Waals surface area contributed by atoms with Gasteiger partial charge in [0.25, 0.3) is 0 Å². The van der Waals surface area contributed by atoms with Crippen molar-refractivity contribution in [2.24, 2.45) is 5.92 Å². The molecular formula is C22H26N4O2. The number of nitrogens with one attached hydrogen (secondary N) is 2. The summed E-state index contributed by atoms with van der Waals surface area (Å²) in [6, 6.07) is 9.47. The normalized spacial score (nSPS) is 12.2. The van der Waals surface area contributed by atoms with Crippen LogP contribution in [0.2, 0.25) is 0 Å². The van der Waals surface area contributed by atoms with Gasteiger partial charge >= 0.3 is 6.03 Å². The Balaban J connectivity index is 1.88. The van der Waals surface area contributed by atoms with Gasteiger partial charge in [-0.3, -0.25) is 10.3 Å². The summed E-state index contributed by atoms with van der Waals surface area (Å²) in [5.41, 5.74) is 5.06. The molecule has 0 saturated carbocycles. The predicted molar refractivity (Wildman–Crippen MR) is 113 cm³/mol. The average molecular weight is 378 g/mol. The number of hydrogen-bond donors (Lipinski definition) is 3. The number of anilines is 1. The number of carbonyl (C=O) groups is 1. The number of benzene rings is 2. The molecule has 3 aromatic rings. The number of hydrogen-bond acceptors (Lipinski definition) is 4. The second-order valence-electron chi connectivity index (χ2n) is 7.55. The minimum Gasteiger partial charge on any atom is -0.507 e. The van der Waals surface area contributed by atoms with Crippen molar-refractivity contribution in [3.8, 4) is 16.9 Å². The fourth-order valence-electron chi connectivity index (χ4n) is 2.90. The molecule has 6 nitrogen and oxygen atoms in total. The van der Waals surface area contributed by atoms with Gasteiger partial charge in [-0.05, 0) is 73.2 Å². The lowest BCUT2D eigenvalue weighted by Crippen LogP contribution is -2.39. The Hall–Kier alpha value is -3.15. The van der Waals surface area contributed by atoms with Crippen molar-refractivity contribution in [1.29, 1.82) is 0 Å². The minimum absolute atomic E-state index is 0.0565. The fourth-order valence-corrected chi connectivity index (χ4v) is 2.90. The summed E-state index contributed by atoms with van der Waals surface area (Å²) in [6.07, 6.45) is 1.55. The summed E-state index contributed by atoms with van der Waals surface area (Å²) in [7, 11) is 0. The van der Waals surface area contributed by atoms with E-state index in [1.54, 1.807) is 6.20 Å². The molecular weight excluding hydrogens is 352 g/mol. The smallest absolute Gasteiger partial charge is 0.320 e. The van der Waals surface area contributed by atoms with Gasteiger partial charge in [0.15, 0.2) is 5.82 Å². The highest BCUT2D eigenvalue weighted by molar-refractivity contribution is 5.90. The number of urea groups is 1. The topological polar surface area (TPSA) is 87.1 Å². The molecule has 146 valence electrons. The first-order valence-corrected chi connectivity index (χ1v) is 9.39. The van der Waals surface area contributed by atoms with Crippen LogP contribution in [0.3, 0.4) is 0 Å². The van der Waals surface area contributed by atoms with Gasteiger partial charge in [0, 0.05) is 6.04 Å². The molecule has 6 heteroatoms. The number of phenolic OH excluding ortho intramolecular Hbond substituents is 1. The lowest BCUT2D eigenvalue weighted by Gasteiger charge is -2.17. The second-order valence-corrected chi connectivity index (χ2v) is 7.55. The van der Waals surface area contributed by atoms with Gasteiger partial charge in [0.2, 0.25) is 0 Å². The van der Waals surface area contributed by atoms with Gasteiger partial charge in [-0.15, -0.1) is 0 Å². The first-order chi connectivity index (χ1) is 13.2. The van der Waals surface area contributed by atoms with E-state index in [4.69, 9.17) is 0 Å². The van der Waals surface area contributed by atoms with Crippen LogP contribution in [0, 0.1) is 19.8 Å². The number of carbonyl (C=O) groups excluding carboxylic acids is 1. The molecule has 3 N–H and O–H groups in total. The maximum absolute atomic E-state index is 12.1. The van der Waals surface area contributed by atoms with Gasteiger partial charge in [0.1, 0.15) is 5.75 Å². The van der Waals surface area contributed by atoms with Crippen LogP contribution in [0.15, 0.2) is 36.5 Å². The summed E-state index contributed by atoms with van der Waals surface area (Å²) in [6.45, 7) is 9.82. The van der Waals surface area contributed by atoms with Gasteiger partial charge < -0.3 is 10.4 Å². The Morgan fingerprint density at radius 3 is 2.32 bits per heavy atom. The lowest BCUT2D eigenvalue weighted by molar-refractivity contribution is 0.246. The van der Waals surface area contributed by atoms with Crippen molar-refractivity contribution in [1.82, 2.24) is 15.3 Å². The summed E-state index contributed by atoms with van der Waals surface area (Å²) in [5.74, 6) is 1.06. The van der Waals surface area contributed by atoms with Crippen molar-refractivity contribution in [2.75, 3.05) is 5.32 Å². The summed E-state index contributed by atoms with van der Waals surface area (Å²) in [5, 5.41) is 15.6. The largest absolute Gasteiger partial charge is 0.507 e. The number of aromatic nitrogens is 2. The van der Waals surface area contributed by atoms with Crippen molar-refractivity contribution in [3.63, 3.8) is 0 Å². The number of rotatable bonds is 4. The minimum atomic E-state index is -0.296. The maximum Gasteiger partial charge on any atom is 0.320 e. The third-order valence-corrected chi connectivity index (χ3v) is 4.97. The van der Waals surface area contributed by atoms with Gasteiger partial charge in [-0.2, -0.15) is 0 Å². The summed E-state index contributed by atoms with van der Waals surface area (Å²) in [4.78, 5) is 21.1. The molecule has 2 aromatic carbocycles. The van der Waals surface area contributed by atoms with E-state index in [9.17, 15) is 9.90 Å². The van der Waals surface area contributed by atoms with E-state index in [0.29, 0.717) is 23.0 Å². The third kappa shape index (κ3) is 4.22. The zero-order chi connectivity index (χ0) is 20.4. The molecule has 1 aromatic heterocycles. The first-order valence-electron chi connectivity index (χ1n) is 9.39. The summed E-state index contributed by atoms with van der Waals surface area (Å²) < 4.78 is 0. The zero-order valence-electron chi connectivity index (χ0n) is 16.9. The molecule has 2 amide bonds. The molecule has 0 radical (unpaired) electrons. The van der Waals surface area contributed by atoms with Crippen LogP contribution < -0.4 is 10.6 Å². The molecule has 1 heterocycles. The molecule has 1 unspecified atom stereocenters. The van der Waals surface area contributed by atoms with Crippen molar-refractivity contribution >= 4 is 22.9 Å². The quantitative estimate of drug-likeness (QED) is 0.609. The van der Waals surface area contributed by atoms with E-state index >= 15 is 0 Å². The Bertz CT molecular complexity index is 1010. The highest BCUT2D eigenvalue weighted by Crippen LogP contribution is 2.30. The van der Waals surface area contributed by atoms with E-state index in [1.807, 2.05) is 51.1 Å². The van der Waals surface area contributed by atoms with Crippen LogP contribution in [0.25, 0.3) is 22.2 Å². The number of amides is 2. The van der Waals surface area contributed by atoms with Crippen LogP contribution in [0.5, 0.6) is 5.75 Å². The Kier molecular flexibility index (Phi) is 5.49. The van der Waals surface area contributed by atoms with Crippen molar-refractivity contribution < 1.29 is 9.90 Å². The third-order valence-electron chi connectivity index (χ3n) is 4.97. The SMILES string of the molecule is Cc1cc(-c2ccc3ncc(NC(=O)NC(C)C(C)C)nc3c2)cc(C)c1O. The molecule has 1 atom stereocenters. The van der Waals surface area contributed by atoms with Crippen LogP contribution in [0.4, 0.5) is 10.6 Å². The first kappa shape index (κ1) is 19.6. The second kappa shape index (κ2) is 7.84. The molecule has 0 aliphatic rings. The van der Waals surface area contributed by atoms with E-state index < -0.39 is 0 Å². The molecule has 0 fully saturated rings. The van der Waals surface area contributed by atoms with Crippen LogP contribution in [-0.2, 0) is 0 Å². The van der Waals surface area contributed by atoms with Gasteiger partial charge in [-0.25, -0.2) is 9.78 Å². The Morgan fingerprint density at radius 2 is 1.68 bits per heavy atom. The summed E-state index contributed by atoms with van der Waals surface area (Å²) >= 11 is 0. The van der Waals surface area contributed by atoms with Gasteiger partial charge in [0.05, 0.1) is 17.2 Å². The monoisotopic (exact) mass is 378 g/mol. The molecule has 3 rings (SSSR count). The lowest BCUT2D eigenvalue weighted by atomic mass is 9.99. The number of aromatic hydroxyl groups is 1. The van der Waals surface area contributed by atoms with E-state index in [0.717, 1.165) is 27.8 Å². The molecule has 0 aliphatic carbocycles. The molecule has 0 aliphatic heterocycles. The van der Waals surface area contributed by atoms with Crippen LogP contribution >= 0.6 is 0 Å². The zero-order valence-corrected chi connectivity index (χ0v) is 16.9. The number of nitrogens with zero attached hydrogens (tertiary/aromatic N) is 2. The predicted octanol–water partition coefficient (Wildman–Crippen LogP) is 4.79. The number of phenols is 1. The number of fused-ring (bicyclic) bond motifs is 1. The molecule has 0 saturated heterocycles. The van der Waals surface area contributed by atoms with Crippen LogP contribution in [0.1, 0.15) is 31.9 Å². The van der Waals surface area contributed by atoms with Crippen molar-refractivity contribution in [2.45, 2.75) is 40.7 Å². The standard InChI is InChI=1S/C22H26N4O2/c1-12(2)15(5)24-22(28)26-20-11-23-18-7-6-16(10-19(18)25-20)17-8-13(3)21(27)14(4)9-17/h6-12,15,27H,1-5H3,(H2,24,25,26,28).